The number of methoxy groups -OCH3 is 1. The van der Waals surface area contributed by atoms with Crippen molar-refractivity contribution in [3.63, 3.8) is 0 Å². The first kappa shape index (κ1) is 16.0. The van der Waals surface area contributed by atoms with E-state index < -0.39 is 0 Å². The number of hydrogen-bond acceptors (Lipinski definition) is 4. The largest absolute Gasteiger partial charge is 0.504 e. The molecule has 1 aliphatic rings. The SMILES string of the molecule is COc1cc(N2Cc3cc(-c4ccc(Cl)cc4)sc3C2=O)ccc1O. The lowest BCUT2D eigenvalue weighted by Gasteiger charge is -2.17. The number of amides is 1. The minimum absolute atomic E-state index is 0.0343. The molecule has 0 fully saturated rings. The molecule has 0 unspecified atom stereocenters. The lowest BCUT2D eigenvalue weighted by Crippen LogP contribution is -2.22. The average molecular weight is 372 g/mol. The van der Waals surface area contributed by atoms with Crippen LogP contribution in [-0.4, -0.2) is 18.1 Å². The Kier molecular flexibility index (Phi) is 3.90. The minimum atomic E-state index is -0.0343. The maximum Gasteiger partial charge on any atom is 0.269 e. The fourth-order valence-electron chi connectivity index (χ4n) is 2.89. The number of phenolic OH excluding ortho intramolecular Hbond substituents is 1. The number of carbonyl (C=O) groups excluding carboxylic acids is 1. The molecule has 126 valence electrons. The Bertz CT molecular complexity index is 965. The molecule has 6 heteroatoms. The number of hydrogen-bond donors (Lipinski definition) is 1. The van der Waals surface area contributed by atoms with E-state index in [-0.39, 0.29) is 11.7 Å². The fraction of sp³-hybridized carbons (Fsp3) is 0.105. The summed E-state index contributed by atoms with van der Waals surface area (Å²) in [6, 6.07) is 14.6. The third kappa shape index (κ3) is 2.75. The van der Waals surface area contributed by atoms with Gasteiger partial charge < -0.3 is 14.7 Å². The van der Waals surface area contributed by atoms with Crippen molar-refractivity contribution in [3.05, 3.63) is 64.0 Å². The molecule has 2 heterocycles. The first-order valence-electron chi connectivity index (χ1n) is 7.64. The number of nitrogens with zero attached hydrogens (tertiary/aromatic N) is 1. The van der Waals surface area contributed by atoms with Crippen molar-refractivity contribution >= 4 is 34.5 Å². The monoisotopic (exact) mass is 371 g/mol. The van der Waals surface area contributed by atoms with Crippen molar-refractivity contribution in [1.29, 1.82) is 0 Å². The molecule has 0 bridgehead atoms. The van der Waals surface area contributed by atoms with Crippen LogP contribution in [0.1, 0.15) is 15.2 Å². The molecule has 1 aliphatic heterocycles. The van der Waals surface area contributed by atoms with Gasteiger partial charge in [0.25, 0.3) is 5.91 Å². The van der Waals surface area contributed by atoms with Gasteiger partial charge in [0.1, 0.15) is 0 Å². The van der Waals surface area contributed by atoms with Gasteiger partial charge in [-0.15, -0.1) is 11.3 Å². The number of anilines is 1. The van der Waals surface area contributed by atoms with Gasteiger partial charge in [-0.05, 0) is 41.5 Å². The summed E-state index contributed by atoms with van der Waals surface area (Å²) in [6.07, 6.45) is 0. The number of thiophene rings is 1. The van der Waals surface area contributed by atoms with Gasteiger partial charge in [0.15, 0.2) is 11.5 Å². The molecule has 25 heavy (non-hydrogen) atoms. The lowest BCUT2D eigenvalue weighted by atomic mass is 10.1. The number of rotatable bonds is 3. The predicted molar refractivity (Wildman–Crippen MR) is 99.9 cm³/mol. The lowest BCUT2D eigenvalue weighted by molar-refractivity contribution is 0.1000. The van der Waals surface area contributed by atoms with Gasteiger partial charge in [0.2, 0.25) is 0 Å². The molecule has 1 aromatic heterocycles. The summed E-state index contributed by atoms with van der Waals surface area (Å²) < 4.78 is 5.13. The van der Waals surface area contributed by atoms with Gasteiger partial charge in [0.05, 0.1) is 18.5 Å². The van der Waals surface area contributed by atoms with Crippen molar-refractivity contribution in [2.75, 3.05) is 12.0 Å². The maximum atomic E-state index is 12.8. The van der Waals surface area contributed by atoms with E-state index in [2.05, 4.69) is 6.07 Å². The van der Waals surface area contributed by atoms with E-state index in [1.807, 2.05) is 24.3 Å². The van der Waals surface area contributed by atoms with Gasteiger partial charge in [-0.2, -0.15) is 0 Å². The Morgan fingerprint density at radius 2 is 1.92 bits per heavy atom. The minimum Gasteiger partial charge on any atom is -0.504 e. The van der Waals surface area contributed by atoms with Crippen LogP contribution in [0.25, 0.3) is 10.4 Å². The van der Waals surface area contributed by atoms with E-state index in [1.165, 1.54) is 24.5 Å². The Morgan fingerprint density at radius 3 is 2.60 bits per heavy atom. The molecular formula is C19H14ClNO3S. The van der Waals surface area contributed by atoms with Crippen LogP contribution >= 0.6 is 22.9 Å². The van der Waals surface area contributed by atoms with E-state index in [0.29, 0.717) is 23.0 Å². The van der Waals surface area contributed by atoms with Gasteiger partial charge in [-0.1, -0.05) is 23.7 Å². The Morgan fingerprint density at radius 1 is 1.16 bits per heavy atom. The van der Waals surface area contributed by atoms with E-state index >= 15 is 0 Å². The highest BCUT2D eigenvalue weighted by atomic mass is 35.5. The molecule has 0 radical (unpaired) electrons. The van der Waals surface area contributed by atoms with Crippen molar-refractivity contribution in [2.24, 2.45) is 0 Å². The predicted octanol–water partition coefficient (Wildman–Crippen LogP) is 4.94. The molecular weight excluding hydrogens is 358 g/mol. The fourth-order valence-corrected chi connectivity index (χ4v) is 4.14. The summed E-state index contributed by atoms with van der Waals surface area (Å²) in [7, 11) is 1.49. The summed E-state index contributed by atoms with van der Waals surface area (Å²) in [4.78, 5) is 16.3. The molecule has 3 aromatic rings. The average Bonchev–Trinajstić information content (AvgIpc) is 3.16. The van der Waals surface area contributed by atoms with Crippen molar-refractivity contribution < 1.29 is 14.6 Å². The van der Waals surface area contributed by atoms with E-state index in [9.17, 15) is 9.90 Å². The van der Waals surface area contributed by atoms with Crippen LogP contribution in [-0.2, 0) is 6.54 Å². The molecule has 0 atom stereocenters. The van der Waals surface area contributed by atoms with Crippen molar-refractivity contribution in [1.82, 2.24) is 0 Å². The molecule has 1 N–H and O–H groups in total. The Hall–Kier alpha value is -2.50. The van der Waals surface area contributed by atoms with Crippen molar-refractivity contribution in [2.45, 2.75) is 6.54 Å². The molecule has 2 aromatic carbocycles. The van der Waals surface area contributed by atoms with Gasteiger partial charge in [-0.25, -0.2) is 0 Å². The molecule has 4 rings (SSSR count). The van der Waals surface area contributed by atoms with Crippen LogP contribution in [0.2, 0.25) is 5.02 Å². The molecule has 1 amide bonds. The third-order valence-electron chi connectivity index (χ3n) is 4.18. The maximum absolute atomic E-state index is 12.8. The third-order valence-corrected chi connectivity index (χ3v) is 5.65. The number of carbonyl (C=O) groups is 1. The number of halogens is 1. The second-order valence-electron chi connectivity index (χ2n) is 5.72. The second kappa shape index (κ2) is 6.10. The molecule has 0 saturated carbocycles. The van der Waals surface area contributed by atoms with Crippen molar-refractivity contribution in [3.8, 4) is 21.9 Å². The van der Waals surface area contributed by atoms with Crippen LogP contribution in [0, 0.1) is 0 Å². The first-order valence-corrected chi connectivity index (χ1v) is 8.84. The quantitative estimate of drug-likeness (QED) is 0.709. The normalized spacial score (nSPS) is 13.2. The second-order valence-corrected chi connectivity index (χ2v) is 7.21. The summed E-state index contributed by atoms with van der Waals surface area (Å²) >= 11 is 7.42. The number of benzene rings is 2. The number of phenols is 1. The number of ether oxygens (including phenoxy) is 1. The van der Waals surface area contributed by atoms with Crippen LogP contribution in [0.5, 0.6) is 11.5 Å². The molecule has 0 spiro atoms. The highest BCUT2D eigenvalue weighted by Crippen LogP contribution is 2.40. The van der Waals surface area contributed by atoms with E-state index in [1.54, 1.807) is 17.0 Å². The van der Waals surface area contributed by atoms with Crippen LogP contribution in [0.15, 0.2) is 48.5 Å². The molecule has 0 saturated heterocycles. The number of fused-ring (bicyclic) bond motifs is 1. The van der Waals surface area contributed by atoms with Crippen LogP contribution in [0.3, 0.4) is 0 Å². The van der Waals surface area contributed by atoms with Crippen LogP contribution in [0.4, 0.5) is 5.69 Å². The Balaban J connectivity index is 1.64. The summed E-state index contributed by atoms with van der Waals surface area (Å²) in [5.74, 6) is 0.369. The zero-order chi connectivity index (χ0) is 17.6. The zero-order valence-corrected chi connectivity index (χ0v) is 14.9. The standard InChI is InChI=1S/C19H14ClNO3S/c1-24-16-9-14(6-7-15(16)22)21-10-12-8-17(25-18(12)19(21)23)11-2-4-13(20)5-3-11/h2-9,22H,10H2,1H3. The zero-order valence-electron chi connectivity index (χ0n) is 13.3. The van der Waals surface area contributed by atoms with Gasteiger partial charge in [-0.3, -0.25) is 4.79 Å². The first-order chi connectivity index (χ1) is 12.1. The topological polar surface area (TPSA) is 49.8 Å². The summed E-state index contributed by atoms with van der Waals surface area (Å²) in [5, 5.41) is 10.4. The van der Waals surface area contributed by atoms with Crippen LogP contribution < -0.4 is 9.64 Å². The highest BCUT2D eigenvalue weighted by Gasteiger charge is 2.31. The molecule has 0 aliphatic carbocycles. The summed E-state index contributed by atoms with van der Waals surface area (Å²) in [5.41, 5.74) is 2.76. The summed E-state index contributed by atoms with van der Waals surface area (Å²) in [6.45, 7) is 0.506. The number of aromatic hydroxyl groups is 1. The van der Waals surface area contributed by atoms with Gasteiger partial charge in [0, 0.05) is 21.7 Å². The highest BCUT2D eigenvalue weighted by molar-refractivity contribution is 7.17. The van der Waals surface area contributed by atoms with E-state index in [0.717, 1.165) is 20.9 Å². The molecule has 4 nitrogen and oxygen atoms in total. The van der Waals surface area contributed by atoms with E-state index in [4.69, 9.17) is 16.3 Å². The smallest absolute Gasteiger partial charge is 0.269 e. The van der Waals surface area contributed by atoms with Gasteiger partial charge >= 0.3 is 0 Å². The Labute approximate surface area is 153 Å².